The Hall–Kier alpha value is -1.56. The van der Waals surface area contributed by atoms with Crippen molar-refractivity contribution in [1.82, 2.24) is 24.7 Å². The molecule has 0 unspecified atom stereocenters. The molecule has 3 rings (SSSR count). The Morgan fingerprint density at radius 2 is 2.26 bits per heavy atom. The third-order valence-electron chi connectivity index (χ3n) is 5.38. The van der Waals surface area contributed by atoms with E-state index in [1.807, 2.05) is 23.6 Å². The predicted molar refractivity (Wildman–Crippen MR) is 90.3 cm³/mol. The maximum atomic E-state index is 12.6. The Morgan fingerprint density at radius 1 is 1.39 bits per heavy atom. The highest BCUT2D eigenvalue weighted by molar-refractivity contribution is 5.75. The average Bonchev–Trinajstić information content (AvgIpc) is 3.27. The zero-order valence-electron chi connectivity index (χ0n) is 14.3. The SMILES string of the molecule is CCN(C)C[C@@H]1CCN(C(=O)N[C@H]2CCC[C@H]2n2ccnc2)C1. The molecule has 1 aromatic rings. The van der Waals surface area contributed by atoms with Crippen LogP contribution in [0.2, 0.25) is 0 Å². The number of amides is 2. The van der Waals surface area contributed by atoms with Gasteiger partial charge in [-0.05, 0) is 45.2 Å². The number of carbonyl (C=O) groups is 1. The Balaban J connectivity index is 1.51. The Labute approximate surface area is 138 Å². The molecule has 0 bridgehead atoms. The molecule has 0 radical (unpaired) electrons. The van der Waals surface area contributed by atoms with Crippen molar-refractivity contribution in [2.75, 3.05) is 33.2 Å². The van der Waals surface area contributed by atoms with Gasteiger partial charge in [0.1, 0.15) is 0 Å². The van der Waals surface area contributed by atoms with Crippen LogP contribution in [-0.4, -0.2) is 64.7 Å². The van der Waals surface area contributed by atoms with Crippen LogP contribution in [0.1, 0.15) is 38.6 Å². The number of hydrogen-bond donors (Lipinski definition) is 1. The van der Waals surface area contributed by atoms with E-state index >= 15 is 0 Å². The minimum absolute atomic E-state index is 0.115. The summed E-state index contributed by atoms with van der Waals surface area (Å²) in [5.41, 5.74) is 0. The molecule has 6 heteroatoms. The first-order valence-electron chi connectivity index (χ1n) is 8.88. The summed E-state index contributed by atoms with van der Waals surface area (Å²) in [6.07, 6.45) is 10.1. The van der Waals surface area contributed by atoms with Crippen molar-refractivity contribution >= 4 is 6.03 Å². The molecule has 1 N–H and O–H groups in total. The highest BCUT2D eigenvalue weighted by Gasteiger charge is 2.33. The first-order chi connectivity index (χ1) is 11.2. The lowest BCUT2D eigenvalue weighted by Crippen LogP contribution is -2.45. The number of rotatable bonds is 5. The van der Waals surface area contributed by atoms with Crippen LogP contribution in [0.5, 0.6) is 0 Å². The molecule has 6 nitrogen and oxygen atoms in total. The highest BCUT2D eigenvalue weighted by atomic mass is 16.2. The van der Waals surface area contributed by atoms with Crippen molar-refractivity contribution in [3.05, 3.63) is 18.7 Å². The summed E-state index contributed by atoms with van der Waals surface area (Å²) in [7, 11) is 2.15. The summed E-state index contributed by atoms with van der Waals surface area (Å²) in [4.78, 5) is 21.1. The third-order valence-corrected chi connectivity index (χ3v) is 5.38. The molecule has 2 heterocycles. The summed E-state index contributed by atoms with van der Waals surface area (Å²) in [6.45, 7) is 6.10. The maximum absolute atomic E-state index is 12.6. The number of hydrogen-bond acceptors (Lipinski definition) is 3. The normalized spacial score (nSPS) is 27.8. The lowest BCUT2D eigenvalue weighted by Gasteiger charge is -2.26. The van der Waals surface area contributed by atoms with Gasteiger partial charge in [0.15, 0.2) is 0 Å². The van der Waals surface area contributed by atoms with Gasteiger partial charge in [-0.15, -0.1) is 0 Å². The molecule has 0 spiro atoms. The Kier molecular flexibility index (Phi) is 5.20. The highest BCUT2D eigenvalue weighted by Crippen LogP contribution is 2.30. The molecule has 128 valence electrons. The molecule has 1 aliphatic carbocycles. The molecule has 23 heavy (non-hydrogen) atoms. The average molecular weight is 319 g/mol. The maximum Gasteiger partial charge on any atom is 0.317 e. The summed E-state index contributed by atoms with van der Waals surface area (Å²) >= 11 is 0. The number of urea groups is 1. The number of aromatic nitrogens is 2. The van der Waals surface area contributed by atoms with Gasteiger partial charge >= 0.3 is 6.03 Å². The summed E-state index contributed by atoms with van der Waals surface area (Å²) in [6, 6.07) is 0.698. The van der Waals surface area contributed by atoms with Crippen LogP contribution in [0.4, 0.5) is 4.79 Å². The predicted octanol–water partition coefficient (Wildman–Crippen LogP) is 1.96. The van der Waals surface area contributed by atoms with Crippen LogP contribution < -0.4 is 5.32 Å². The fourth-order valence-electron chi connectivity index (χ4n) is 3.92. The smallest absolute Gasteiger partial charge is 0.317 e. The van der Waals surface area contributed by atoms with Gasteiger partial charge in [-0.3, -0.25) is 0 Å². The van der Waals surface area contributed by atoms with Crippen LogP contribution in [0.15, 0.2) is 18.7 Å². The molecule has 1 saturated heterocycles. The lowest BCUT2D eigenvalue weighted by atomic mass is 10.1. The van der Waals surface area contributed by atoms with Gasteiger partial charge in [0, 0.05) is 32.0 Å². The van der Waals surface area contributed by atoms with Crippen LogP contribution in [0.25, 0.3) is 0 Å². The molecule has 1 saturated carbocycles. The second-order valence-electron chi connectivity index (χ2n) is 7.02. The fraction of sp³-hybridized carbons (Fsp3) is 0.765. The van der Waals surface area contributed by atoms with Crippen molar-refractivity contribution in [2.24, 2.45) is 5.92 Å². The Morgan fingerprint density at radius 3 is 3.00 bits per heavy atom. The molecule has 2 aliphatic rings. The van der Waals surface area contributed by atoms with E-state index in [2.05, 4.69) is 33.7 Å². The molecule has 3 atom stereocenters. The second-order valence-corrected chi connectivity index (χ2v) is 7.02. The van der Waals surface area contributed by atoms with Gasteiger partial charge in [-0.25, -0.2) is 9.78 Å². The van der Waals surface area contributed by atoms with E-state index in [9.17, 15) is 4.79 Å². The quantitative estimate of drug-likeness (QED) is 0.902. The van der Waals surface area contributed by atoms with Crippen molar-refractivity contribution in [3.8, 4) is 0 Å². The van der Waals surface area contributed by atoms with E-state index in [0.29, 0.717) is 12.0 Å². The fourth-order valence-corrected chi connectivity index (χ4v) is 3.92. The Bertz CT molecular complexity index is 503. The number of imidazole rings is 1. The van der Waals surface area contributed by atoms with E-state index < -0.39 is 0 Å². The van der Waals surface area contributed by atoms with Crippen molar-refractivity contribution in [2.45, 2.75) is 44.7 Å². The lowest BCUT2D eigenvalue weighted by molar-refractivity contribution is 0.197. The molecule has 1 aliphatic heterocycles. The van der Waals surface area contributed by atoms with Crippen LogP contribution in [-0.2, 0) is 0 Å². The van der Waals surface area contributed by atoms with Crippen molar-refractivity contribution in [1.29, 1.82) is 0 Å². The molecule has 1 aromatic heterocycles. The number of likely N-dealkylation sites (tertiary alicyclic amines) is 1. The number of carbonyl (C=O) groups excluding carboxylic acids is 1. The summed E-state index contributed by atoms with van der Waals surface area (Å²) in [5, 5.41) is 3.27. The summed E-state index contributed by atoms with van der Waals surface area (Å²) < 4.78 is 2.14. The number of nitrogens with one attached hydrogen (secondary N) is 1. The molecular formula is C17H29N5O. The van der Waals surface area contributed by atoms with Gasteiger partial charge in [0.2, 0.25) is 0 Å². The van der Waals surface area contributed by atoms with Gasteiger partial charge in [-0.2, -0.15) is 0 Å². The van der Waals surface area contributed by atoms with Crippen LogP contribution in [0.3, 0.4) is 0 Å². The summed E-state index contributed by atoms with van der Waals surface area (Å²) in [5.74, 6) is 0.610. The first-order valence-corrected chi connectivity index (χ1v) is 8.88. The standard InChI is InChI=1S/C17H29N5O/c1-3-20(2)11-14-7-9-21(12-14)17(23)19-15-5-4-6-16(15)22-10-8-18-13-22/h8,10,13-16H,3-7,9,11-12H2,1-2H3,(H,19,23)/t14-,15-,16+/m0/s1. The van der Waals surface area contributed by atoms with Crippen LogP contribution >= 0.6 is 0 Å². The van der Waals surface area contributed by atoms with Gasteiger partial charge in [-0.1, -0.05) is 6.92 Å². The molecule has 0 aromatic carbocycles. The monoisotopic (exact) mass is 319 g/mol. The molecular weight excluding hydrogens is 290 g/mol. The first kappa shape index (κ1) is 16.3. The number of nitrogens with zero attached hydrogens (tertiary/aromatic N) is 4. The van der Waals surface area contributed by atoms with E-state index in [1.165, 1.54) is 0 Å². The van der Waals surface area contributed by atoms with Crippen molar-refractivity contribution in [3.63, 3.8) is 0 Å². The van der Waals surface area contributed by atoms with Gasteiger partial charge < -0.3 is 19.7 Å². The topological polar surface area (TPSA) is 53.4 Å². The second kappa shape index (κ2) is 7.34. The molecule has 2 fully saturated rings. The van der Waals surface area contributed by atoms with E-state index in [1.54, 1.807) is 0 Å². The van der Waals surface area contributed by atoms with Gasteiger partial charge in [0.05, 0.1) is 18.4 Å². The largest absolute Gasteiger partial charge is 0.333 e. The zero-order valence-corrected chi connectivity index (χ0v) is 14.3. The van der Waals surface area contributed by atoms with Crippen molar-refractivity contribution < 1.29 is 4.79 Å². The third kappa shape index (κ3) is 3.86. The molecule has 2 amide bonds. The zero-order chi connectivity index (χ0) is 16.2. The van der Waals surface area contributed by atoms with Gasteiger partial charge in [0.25, 0.3) is 0 Å². The van der Waals surface area contributed by atoms with Crippen LogP contribution in [0, 0.1) is 5.92 Å². The van der Waals surface area contributed by atoms with E-state index in [4.69, 9.17) is 0 Å². The minimum atomic E-state index is 0.115. The minimum Gasteiger partial charge on any atom is -0.333 e. The van der Waals surface area contributed by atoms with E-state index in [-0.39, 0.29) is 12.1 Å². The van der Waals surface area contributed by atoms with E-state index in [0.717, 1.165) is 51.9 Å².